The van der Waals surface area contributed by atoms with Crippen LogP contribution in [0.2, 0.25) is 0 Å². The van der Waals surface area contributed by atoms with Crippen molar-refractivity contribution in [1.82, 2.24) is 5.32 Å². The van der Waals surface area contributed by atoms with Crippen molar-refractivity contribution in [2.24, 2.45) is 5.41 Å². The summed E-state index contributed by atoms with van der Waals surface area (Å²) in [4.78, 5) is 0. The summed E-state index contributed by atoms with van der Waals surface area (Å²) < 4.78 is 29.2. The fourth-order valence-electron chi connectivity index (χ4n) is 3.45. The Labute approximate surface area is 117 Å². The molecule has 0 radical (unpaired) electrons. The summed E-state index contributed by atoms with van der Waals surface area (Å²) in [6.45, 7) is 7.23. The van der Waals surface area contributed by atoms with Gasteiger partial charge in [-0.05, 0) is 32.6 Å². The van der Waals surface area contributed by atoms with Crippen molar-refractivity contribution in [2.75, 3.05) is 18.1 Å². The Morgan fingerprint density at radius 2 is 2.11 bits per heavy atom. The largest absolute Gasteiger partial charge is 0.378 e. The lowest BCUT2D eigenvalue weighted by molar-refractivity contribution is -0.127. The van der Waals surface area contributed by atoms with E-state index in [0.717, 1.165) is 32.3 Å². The number of sulfone groups is 1. The van der Waals surface area contributed by atoms with E-state index in [1.54, 1.807) is 0 Å². The fourth-order valence-corrected chi connectivity index (χ4v) is 5.10. The van der Waals surface area contributed by atoms with Gasteiger partial charge in [0, 0.05) is 24.1 Å². The van der Waals surface area contributed by atoms with Gasteiger partial charge in [0.05, 0.1) is 17.6 Å². The molecule has 2 aliphatic rings. The third kappa shape index (κ3) is 3.14. The van der Waals surface area contributed by atoms with E-state index in [4.69, 9.17) is 4.74 Å². The van der Waals surface area contributed by atoms with Crippen LogP contribution in [0.1, 0.15) is 46.5 Å². The van der Waals surface area contributed by atoms with E-state index in [2.05, 4.69) is 19.2 Å². The van der Waals surface area contributed by atoms with E-state index < -0.39 is 9.84 Å². The molecule has 4 unspecified atom stereocenters. The normalized spacial score (nSPS) is 41.7. The van der Waals surface area contributed by atoms with Crippen molar-refractivity contribution in [3.05, 3.63) is 0 Å². The number of hydrogen-bond acceptors (Lipinski definition) is 4. The minimum Gasteiger partial charge on any atom is -0.378 e. The molecule has 1 heterocycles. The molecule has 0 amide bonds. The molecule has 0 aromatic heterocycles. The summed E-state index contributed by atoms with van der Waals surface area (Å²) in [5.41, 5.74) is 0.150. The summed E-state index contributed by atoms with van der Waals surface area (Å²) in [6.07, 6.45) is 4.17. The van der Waals surface area contributed by atoms with Gasteiger partial charge in [0.25, 0.3) is 0 Å². The number of hydrogen-bond donors (Lipinski definition) is 1. The molecule has 4 nitrogen and oxygen atoms in total. The average Bonchev–Trinajstić information content (AvgIpc) is 2.35. The lowest BCUT2D eigenvalue weighted by Gasteiger charge is -2.55. The Morgan fingerprint density at radius 3 is 2.68 bits per heavy atom. The van der Waals surface area contributed by atoms with Crippen molar-refractivity contribution in [2.45, 2.75) is 64.6 Å². The SMILES string of the molecule is CCOC1CC(NC2CCCS(=O)(=O)C2)C1(C)CC. The van der Waals surface area contributed by atoms with Crippen molar-refractivity contribution >= 4 is 9.84 Å². The molecule has 0 aromatic rings. The highest BCUT2D eigenvalue weighted by Crippen LogP contribution is 2.46. The first kappa shape index (κ1) is 15.3. The molecule has 2 rings (SSSR count). The molecule has 1 N–H and O–H groups in total. The zero-order chi connectivity index (χ0) is 14.1. The molecule has 4 atom stereocenters. The zero-order valence-electron chi connectivity index (χ0n) is 12.3. The Bertz CT molecular complexity index is 409. The Hall–Kier alpha value is -0.130. The van der Waals surface area contributed by atoms with Crippen molar-refractivity contribution in [3.63, 3.8) is 0 Å². The van der Waals surface area contributed by atoms with E-state index >= 15 is 0 Å². The van der Waals surface area contributed by atoms with Gasteiger partial charge in [0.1, 0.15) is 0 Å². The maximum Gasteiger partial charge on any atom is 0.151 e. The molecule has 112 valence electrons. The molecule has 1 saturated carbocycles. The number of rotatable bonds is 5. The first-order valence-electron chi connectivity index (χ1n) is 7.49. The highest BCUT2D eigenvalue weighted by molar-refractivity contribution is 7.91. The Balaban J connectivity index is 1.93. The lowest BCUT2D eigenvalue weighted by atomic mass is 9.61. The summed E-state index contributed by atoms with van der Waals surface area (Å²) in [7, 11) is -2.82. The smallest absolute Gasteiger partial charge is 0.151 e. The van der Waals surface area contributed by atoms with Crippen LogP contribution in [0.4, 0.5) is 0 Å². The first-order valence-corrected chi connectivity index (χ1v) is 9.31. The third-order valence-corrected chi connectivity index (χ3v) is 6.83. The van der Waals surface area contributed by atoms with Crippen LogP contribution >= 0.6 is 0 Å². The second-order valence-electron chi connectivity index (χ2n) is 6.21. The molecule has 1 aliphatic carbocycles. The van der Waals surface area contributed by atoms with Crippen LogP contribution in [-0.2, 0) is 14.6 Å². The van der Waals surface area contributed by atoms with Crippen LogP contribution in [0.25, 0.3) is 0 Å². The van der Waals surface area contributed by atoms with Gasteiger partial charge < -0.3 is 10.1 Å². The van der Waals surface area contributed by atoms with Gasteiger partial charge in [-0.15, -0.1) is 0 Å². The molecule has 0 bridgehead atoms. The van der Waals surface area contributed by atoms with Gasteiger partial charge in [-0.3, -0.25) is 0 Å². The molecular formula is C14H27NO3S. The van der Waals surface area contributed by atoms with Crippen LogP contribution in [0.5, 0.6) is 0 Å². The minimum atomic E-state index is -2.82. The summed E-state index contributed by atoms with van der Waals surface area (Å²) >= 11 is 0. The van der Waals surface area contributed by atoms with E-state index in [0.29, 0.717) is 23.7 Å². The van der Waals surface area contributed by atoms with Gasteiger partial charge in [-0.1, -0.05) is 13.8 Å². The fraction of sp³-hybridized carbons (Fsp3) is 1.00. The van der Waals surface area contributed by atoms with Crippen molar-refractivity contribution < 1.29 is 13.2 Å². The molecule has 19 heavy (non-hydrogen) atoms. The van der Waals surface area contributed by atoms with Crippen LogP contribution < -0.4 is 5.32 Å². The van der Waals surface area contributed by atoms with E-state index in [1.807, 2.05) is 6.92 Å². The monoisotopic (exact) mass is 289 g/mol. The lowest BCUT2D eigenvalue weighted by Crippen LogP contribution is -2.64. The molecular weight excluding hydrogens is 262 g/mol. The summed E-state index contributed by atoms with van der Waals surface area (Å²) in [5.74, 6) is 0.672. The van der Waals surface area contributed by atoms with Gasteiger partial charge in [0.15, 0.2) is 9.84 Å². The maximum absolute atomic E-state index is 11.7. The van der Waals surface area contributed by atoms with E-state index in [9.17, 15) is 8.42 Å². The summed E-state index contributed by atoms with van der Waals surface area (Å²) in [6, 6.07) is 0.532. The van der Waals surface area contributed by atoms with Crippen LogP contribution in [-0.4, -0.2) is 44.7 Å². The van der Waals surface area contributed by atoms with Crippen LogP contribution in [0.15, 0.2) is 0 Å². The number of nitrogens with one attached hydrogen (secondary N) is 1. The van der Waals surface area contributed by atoms with E-state index in [-0.39, 0.29) is 11.5 Å². The van der Waals surface area contributed by atoms with Gasteiger partial charge in [-0.2, -0.15) is 0 Å². The second kappa shape index (κ2) is 5.70. The zero-order valence-corrected chi connectivity index (χ0v) is 13.1. The van der Waals surface area contributed by atoms with Crippen LogP contribution in [0.3, 0.4) is 0 Å². The molecule has 5 heteroatoms. The highest BCUT2D eigenvalue weighted by Gasteiger charge is 2.51. The molecule has 1 aliphatic heterocycles. The first-order chi connectivity index (χ1) is 8.91. The average molecular weight is 289 g/mol. The summed E-state index contributed by atoms with van der Waals surface area (Å²) in [5, 5.41) is 3.58. The highest BCUT2D eigenvalue weighted by atomic mass is 32.2. The van der Waals surface area contributed by atoms with Gasteiger partial charge in [0.2, 0.25) is 0 Å². The van der Waals surface area contributed by atoms with Gasteiger partial charge in [-0.25, -0.2) is 8.42 Å². The topological polar surface area (TPSA) is 55.4 Å². The quantitative estimate of drug-likeness (QED) is 0.838. The second-order valence-corrected chi connectivity index (χ2v) is 8.44. The molecule has 2 fully saturated rings. The predicted octanol–water partition coefficient (Wildman–Crippen LogP) is 1.75. The maximum atomic E-state index is 11.7. The van der Waals surface area contributed by atoms with Crippen molar-refractivity contribution in [3.8, 4) is 0 Å². The van der Waals surface area contributed by atoms with Gasteiger partial charge >= 0.3 is 0 Å². The predicted molar refractivity (Wildman–Crippen MR) is 77.0 cm³/mol. The standard InChI is InChI=1S/C14H27NO3S/c1-4-14(3)12(9-13(14)18-5-2)15-11-7-6-8-19(16,17)10-11/h11-13,15H,4-10H2,1-3H3. The third-order valence-electron chi connectivity index (χ3n) is 5.01. The van der Waals surface area contributed by atoms with Crippen molar-refractivity contribution in [1.29, 1.82) is 0 Å². The molecule has 1 saturated heterocycles. The molecule has 0 aromatic carbocycles. The minimum absolute atomic E-state index is 0.136. The molecule has 0 spiro atoms. The van der Waals surface area contributed by atoms with Crippen LogP contribution in [0, 0.1) is 5.41 Å². The van der Waals surface area contributed by atoms with E-state index in [1.165, 1.54) is 0 Å². The number of ether oxygens (including phenoxy) is 1. The Kier molecular flexibility index (Phi) is 4.58. The Morgan fingerprint density at radius 1 is 1.37 bits per heavy atom.